The number of thiocarbonyl (C=S) groups is 1. The molecule has 0 saturated heterocycles. The highest BCUT2D eigenvalue weighted by Gasteiger charge is 2.30. The van der Waals surface area contributed by atoms with Crippen molar-refractivity contribution in [1.29, 1.82) is 0 Å². The van der Waals surface area contributed by atoms with Crippen LogP contribution in [0.3, 0.4) is 0 Å². The van der Waals surface area contributed by atoms with Gasteiger partial charge < -0.3 is 16.4 Å². The van der Waals surface area contributed by atoms with Crippen molar-refractivity contribution < 1.29 is 18.0 Å². The van der Waals surface area contributed by atoms with E-state index < -0.39 is 23.8 Å². The highest BCUT2D eigenvalue weighted by atomic mass is 32.1. The number of amides is 2. The Balaban J connectivity index is 2.64. The first kappa shape index (κ1) is 17.2. The molecule has 1 unspecified atom stereocenters. The van der Waals surface area contributed by atoms with Gasteiger partial charge in [-0.15, -0.1) is 0 Å². The lowest BCUT2D eigenvalue weighted by atomic mass is 10.1. The van der Waals surface area contributed by atoms with Crippen molar-refractivity contribution in [2.24, 2.45) is 5.73 Å². The summed E-state index contributed by atoms with van der Waals surface area (Å²) in [6, 6.07) is 3.13. The van der Waals surface area contributed by atoms with Crippen molar-refractivity contribution in [3.05, 3.63) is 29.8 Å². The monoisotopic (exact) mass is 319 g/mol. The highest BCUT2D eigenvalue weighted by molar-refractivity contribution is 7.80. The normalized spacial score (nSPS) is 12.6. The smallest absolute Gasteiger partial charge is 0.392 e. The number of nitrogens with two attached hydrogens (primary N) is 1. The fourth-order valence-electron chi connectivity index (χ4n) is 1.64. The number of hydrogen-bond donors (Lipinski definition) is 3. The van der Waals surface area contributed by atoms with E-state index >= 15 is 0 Å². The number of urea groups is 1. The number of rotatable bonds is 5. The number of hydrogen-bond acceptors (Lipinski definition) is 2. The van der Waals surface area contributed by atoms with Crippen LogP contribution in [0.2, 0.25) is 0 Å². The van der Waals surface area contributed by atoms with Crippen molar-refractivity contribution in [2.45, 2.75) is 32.0 Å². The molecule has 116 valence electrons. The molecule has 0 radical (unpaired) electrons. The van der Waals surface area contributed by atoms with Gasteiger partial charge >= 0.3 is 12.2 Å². The van der Waals surface area contributed by atoms with E-state index in [4.69, 9.17) is 18.0 Å². The molecule has 0 fully saturated rings. The molecule has 0 aliphatic rings. The molecule has 1 aromatic carbocycles. The minimum absolute atomic E-state index is 0.166. The zero-order valence-electron chi connectivity index (χ0n) is 11.3. The van der Waals surface area contributed by atoms with E-state index in [-0.39, 0.29) is 10.7 Å². The van der Waals surface area contributed by atoms with Crippen LogP contribution in [0, 0.1) is 0 Å². The van der Waals surface area contributed by atoms with E-state index in [0.717, 1.165) is 18.6 Å². The molecule has 0 aliphatic carbocycles. The number of benzene rings is 1. The van der Waals surface area contributed by atoms with Crippen LogP contribution in [0.5, 0.6) is 0 Å². The molecule has 2 amide bonds. The molecule has 0 bridgehead atoms. The SMILES string of the molecule is CCCC(NC(=O)Nc1ccc(C(F)(F)F)cc1)C(N)=S. The lowest BCUT2D eigenvalue weighted by Gasteiger charge is -2.17. The minimum Gasteiger partial charge on any atom is -0.392 e. The van der Waals surface area contributed by atoms with Crippen molar-refractivity contribution in [3.8, 4) is 0 Å². The summed E-state index contributed by atoms with van der Waals surface area (Å²) in [4.78, 5) is 11.9. The summed E-state index contributed by atoms with van der Waals surface area (Å²) in [5, 5.41) is 5.00. The minimum atomic E-state index is -4.40. The van der Waals surface area contributed by atoms with Gasteiger partial charge in [-0.2, -0.15) is 13.2 Å². The summed E-state index contributed by atoms with van der Waals surface area (Å²) < 4.78 is 37.2. The second-order valence-corrected chi connectivity index (χ2v) is 4.89. The Bertz CT molecular complexity index is 502. The van der Waals surface area contributed by atoms with Crippen molar-refractivity contribution in [1.82, 2.24) is 5.32 Å². The van der Waals surface area contributed by atoms with Crippen molar-refractivity contribution >= 4 is 28.9 Å². The Kier molecular flexibility index (Phi) is 5.95. The van der Waals surface area contributed by atoms with Crippen LogP contribution in [0.25, 0.3) is 0 Å². The largest absolute Gasteiger partial charge is 0.416 e. The molecule has 8 heteroatoms. The maximum atomic E-state index is 12.4. The van der Waals surface area contributed by atoms with Crippen LogP contribution in [0.15, 0.2) is 24.3 Å². The molecule has 0 aliphatic heterocycles. The van der Waals surface area contributed by atoms with E-state index in [2.05, 4.69) is 10.6 Å². The van der Waals surface area contributed by atoms with Crippen LogP contribution >= 0.6 is 12.2 Å². The third-order valence-corrected chi connectivity index (χ3v) is 2.98. The second-order valence-electron chi connectivity index (χ2n) is 4.42. The summed E-state index contributed by atoms with van der Waals surface area (Å²) >= 11 is 4.83. The molecule has 4 nitrogen and oxygen atoms in total. The van der Waals surface area contributed by atoms with Gasteiger partial charge in [-0.1, -0.05) is 25.6 Å². The molecular weight excluding hydrogens is 303 g/mol. The Morgan fingerprint density at radius 2 is 1.90 bits per heavy atom. The first-order valence-electron chi connectivity index (χ1n) is 6.28. The number of halogens is 3. The molecule has 21 heavy (non-hydrogen) atoms. The summed E-state index contributed by atoms with van der Waals surface area (Å²) in [5.74, 6) is 0. The molecule has 1 aromatic rings. The van der Waals surface area contributed by atoms with Crippen LogP contribution in [-0.4, -0.2) is 17.1 Å². The standard InChI is InChI=1S/C13H16F3N3OS/c1-2-3-10(11(17)21)19-12(20)18-9-6-4-8(5-7-9)13(14,15)16/h4-7,10H,2-3H2,1H3,(H2,17,21)(H2,18,19,20). The number of alkyl halides is 3. The van der Waals surface area contributed by atoms with Crippen LogP contribution in [0.1, 0.15) is 25.3 Å². The summed E-state index contributed by atoms with van der Waals surface area (Å²) in [7, 11) is 0. The van der Waals surface area contributed by atoms with E-state index in [9.17, 15) is 18.0 Å². The van der Waals surface area contributed by atoms with E-state index in [1.165, 1.54) is 12.1 Å². The fourth-order valence-corrected chi connectivity index (χ4v) is 1.82. The van der Waals surface area contributed by atoms with Gasteiger partial charge in [0.15, 0.2) is 0 Å². The number of carbonyl (C=O) groups is 1. The number of anilines is 1. The Labute approximate surface area is 125 Å². The Morgan fingerprint density at radius 1 is 1.33 bits per heavy atom. The first-order valence-corrected chi connectivity index (χ1v) is 6.69. The van der Waals surface area contributed by atoms with Gasteiger partial charge in [0.25, 0.3) is 0 Å². The zero-order chi connectivity index (χ0) is 16.0. The lowest BCUT2D eigenvalue weighted by Crippen LogP contribution is -2.45. The van der Waals surface area contributed by atoms with Crippen LogP contribution in [-0.2, 0) is 6.18 Å². The molecule has 1 rings (SSSR count). The van der Waals surface area contributed by atoms with Gasteiger partial charge in [0, 0.05) is 5.69 Å². The summed E-state index contributed by atoms with van der Waals surface area (Å²) in [6.07, 6.45) is -3.03. The molecule has 0 saturated carbocycles. The van der Waals surface area contributed by atoms with E-state index in [1.54, 1.807) is 0 Å². The molecule has 1 atom stereocenters. The summed E-state index contributed by atoms with van der Waals surface area (Å²) in [5.41, 5.74) is 4.97. The van der Waals surface area contributed by atoms with Crippen molar-refractivity contribution in [2.75, 3.05) is 5.32 Å². The van der Waals surface area contributed by atoms with Gasteiger partial charge in [-0.05, 0) is 30.7 Å². The van der Waals surface area contributed by atoms with Gasteiger partial charge in [0.1, 0.15) is 0 Å². The lowest BCUT2D eigenvalue weighted by molar-refractivity contribution is -0.137. The van der Waals surface area contributed by atoms with Gasteiger partial charge in [0.05, 0.1) is 16.6 Å². The highest BCUT2D eigenvalue weighted by Crippen LogP contribution is 2.29. The topological polar surface area (TPSA) is 67.2 Å². The summed E-state index contributed by atoms with van der Waals surface area (Å²) in [6.45, 7) is 1.92. The average Bonchev–Trinajstić information content (AvgIpc) is 2.37. The third kappa shape index (κ3) is 5.58. The van der Waals surface area contributed by atoms with E-state index in [0.29, 0.717) is 6.42 Å². The quantitative estimate of drug-likeness (QED) is 0.730. The predicted molar refractivity (Wildman–Crippen MR) is 79.1 cm³/mol. The zero-order valence-corrected chi connectivity index (χ0v) is 12.1. The van der Waals surface area contributed by atoms with Crippen LogP contribution in [0.4, 0.5) is 23.7 Å². The molecule has 4 N–H and O–H groups in total. The van der Waals surface area contributed by atoms with Gasteiger partial charge in [-0.25, -0.2) is 4.79 Å². The van der Waals surface area contributed by atoms with E-state index in [1.807, 2.05) is 6.92 Å². The number of carbonyl (C=O) groups excluding carboxylic acids is 1. The molecule has 0 heterocycles. The first-order chi connectivity index (χ1) is 9.74. The number of nitrogens with one attached hydrogen (secondary N) is 2. The molecule has 0 spiro atoms. The van der Waals surface area contributed by atoms with Crippen LogP contribution < -0.4 is 16.4 Å². The predicted octanol–water partition coefficient (Wildman–Crippen LogP) is 3.28. The Morgan fingerprint density at radius 3 is 2.33 bits per heavy atom. The maximum Gasteiger partial charge on any atom is 0.416 e. The van der Waals surface area contributed by atoms with Gasteiger partial charge in [0.2, 0.25) is 0 Å². The third-order valence-electron chi connectivity index (χ3n) is 2.70. The molecular formula is C13H16F3N3OS. The van der Waals surface area contributed by atoms with Crippen molar-refractivity contribution in [3.63, 3.8) is 0 Å². The second kappa shape index (κ2) is 7.26. The average molecular weight is 319 g/mol. The molecule has 0 aromatic heterocycles. The fraction of sp³-hybridized carbons (Fsp3) is 0.385. The van der Waals surface area contributed by atoms with Gasteiger partial charge in [-0.3, -0.25) is 0 Å². The Hall–Kier alpha value is -1.83. The maximum absolute atomic E-state index is 12.4.